The lowest BCUT2D eigenvalue weighted by atomic mass is 9.95. The van der Waals surface area contributed by atoms with Gasteiger partial charge in [-0.15, -0.1) is 0 Å². The molecule has 1 fully saturated rings. The van der Waals surface area contributed by atoms with Crippen LogP contribution in [0.1, 0.15) is 44.1 Å². The molecule has 0 spiro atoms. The molecule has 0 saturated heterocycles. The predicted octanol–water partition coefficient (Wildman–Crippen LogP) is 3.31. The van der Waals surface area contributed by atoms with Crippen molar-refractivity contribution in [2.24, 2.45) is 11.8 Å². The largest absolute Gasteiger partial charge is 0.271 e. The summed E-state index contributed by atoms with van der Waals surface area (Å²) < 4.78 is 26.7. The van der Waals surface area contributed by atoms with Gasteiger partial charge in [-0.1, -0.05) is 25.7 Å². The van der Waals surface area contributed by atoms with Crippen molar-refractivity contribution in [1.29, 1.82) is 0 Å². The van der Waals surface area contributed by atoms with Gasteiger partial charge in [-0.25, -0.2) is 8.78 Å². The fourth-order valence-electron chi connectivity index (χ4n) is 2.95. The molecule has 0 radical (unpaired) electrons. The van der Waals surface area contributed by atoms with E-state index in [1.165, 1.54) is 37.8 Å². The molecule has 0 aromatic heterocycles. The number of hydrogen-bond acceptors (Lipinski definition) is 2. The van der Waals surface area contributed by atoms with Crippen LogP contribution in [0.2, 0.25) is 0 Å². The minimum atomic E-state index is -0.400. The second-order valence-electron chi connectivity index (χ2n) is 5.53. The van der Waals surface area contributed by atoms with E-state index in [0.717, 1.165) is 24.8 Å². The van der Waals surface area contributed by atoms with Crippen LogP contribution in [-0.2, 0) is 6.42 Å². The van der Waals surface area contributed by atoms with E-state index >= 15 is 0 Å². The highest BCUT2D eigenvalue weighted by atomic mass is 19.1. The standard InChI is InChI=1S/C15H22F2N2/c16-13-6-8-15(17)12(9-13)10-14(19-18)7-5-11-3-1-2-4-11/h6,8-9,11,14,19H,1-5,7,10,18H2. The zero-order chi connectivity index (χ0) is 13.7. The van der Waals surface area contributed by atoms with Crippen LogP contribution >= 0.6 is 0 Å². The number of benzene rings is 1. The van der Waals surface area contributed by atoms with Crippen LogP contribution in [0.15, 0.2) is 18.2 Å². The van der Waals surface area contributed by atoms with E-state index in [1.54, 1.807) is 0 Å². The van der Waals surface area contributed by atoms with E-state index in [1.807, 2.05) is 0 Å². The quantitative estimate of drug-likeness (QED) is 0.613. The van der Waals surface area contributed by atoms with E-state index in [9.17, 15) is 8.78 Å². The second kappa shape index (κ2) is 6.96. The van der Waals surface area contributed by atoms with E-state index in [4.69, 9.17) is 5.84 Å². The van der Waals surface area contributed by atoms with Gasteiger partial charge in [-0.05, 0) is 48.9 Å². The molecule has 2 nitrogen and oxygen atoms in total. The number of hydrogen-bond donors (Lipinski definition) is 2. The molecule has 0 bridgehead atoms. The van der Waals surface area contributed by atoms with Gasteiger partial charge in [0.15, 0.2) is 0 Å². The lowest BCUT2D eigenvalue weighted by Crippen LogP contribution is -2.37. The van der Waals surface area contributed by atoms with Crippen molar-refractivity contribution in [3.8, 4) is 0 Å². The SMILES string of the molecule is NNC(CCC1CCCC1)Cc1cc(F)ccc1F. The van der Waals surface area contributed by atoms with Gasteiger partial charge >= 0.3 is 0 Å². The van der Waals surface area contributed by atoms with Crippen molar-refractivity contribution >= 4 is 0 Å². The van der Waals surface area contributed by atoms with Crippen molar-refractivity contribution in [2.75, 3.05) is 0 Å². The molecule has 1 aromatic carbocycles. The Labute approximate surface area is 113 Å². The molecule has 1 aromatic rings. The summed E-state index contributed by atoms with van der Waals surface area (Å²) in [6, 6.07) is 3.59. The Morgan fingerprint density at radius 1 is 1.26 bits per heavy atom. The summed E-state index contributed by atoms with van der Waals surface area (Å²) in [5.41, 5.74) is 3.13. The van der Waals surface area contributed by atoms with Crippen LogP contribution in [0.3, 0.4) is 0 Å². The summed E-state index contributed by atoms with van der Waals surface area (Å²) in [5.74, 6) is 5.55. The van der Waals surface area contributed by atoms with Crippen LogP contribution in [0.4, 0.5) is 8.78 Å². The predicted molar refractivity (Wildman–Crippen MR) is 72.4 cm³/mol. The monoisotopic (exact) mass is 268 g/mol. The van der Waals surface area contributed by atoms with Crippen LogP contribution < -0.4 is 11.3 Å². The molecule has 1 aliphatic rings. The number of rotatable bonds is 6. The lowest BCUT2D eigenvalue weighted by Gasteiger charge is -2.18. The van der Waals surface area contributed by atoms with Gasteiger partial charge in [0, 0.05) is 6.04 Å². The molecule has 3 N–H and O–H groups in total. The Morgan fingerprint density at radius 2 is 2.00 bits per heavy atom. The molecule has 1 atom stereocenters. The highest BCUT2D eigenvalue weighted by Crippen LogP contribution is 2.29. The van der Waals surface area contributed by atoms with E-state index < -0.39 is 5.82 Å². The zero-order valence-corrected chi connectivity index (χ0v) is 11.2. The molecular formula is C15H22F2N2. The molecule has 106 valence electrons. The maximum Gasteiger partial charge on any atom is 0.126 e. The lowest BCUT2D eigenvalue weighted by molar-refractivity contribution is 0.403. The Morgan fingerprint density at radius 3 is 2.68 bits per heavy atom. The molecule has 0 amide bonds. The summed E-state index contributed by atoms with van der Waals surface area (Å²) in [7, 11) is 0. The third kappa shape index (κ3) is 4.25. The third-order valence-corrected chi connectivity index (χ3v) is 4.11. The zero-order valence-electron chi connectivity index (χ0n) is 11.2. The number of nitrogens with one attached hydrogen (secondary N) is 1. The van der Waals surface area contributed by atoms with Gasteiger partial charge in [0.1, 0.15) is 11.6 Å². The molecule has 0 heterocycles. The first-order chi connectivity index (χ1) is 9.19. The van der Waals surface area contributed by atoms with Crippen LogP contribution in [0.25, 0.3) is 0 Å². The van der Waals surface area contributed by atoms with Crippen LogP contribution in [-0.4, -0.2) is 6.04 Å². The molecule has 0 aliphatic heterocycles. The number of nitrogens with two attached hydrogens (primary N) is 1. The van der Waals surface area contributed by atoms with Crippen molar-refractivity contribution < 1.29 is 8.78 Å². The van der Waals surface area contributed by atoms with E-state index in [-0.39, 0.29) is 11.9 Å². The summed E-state index contributed by atoms with van der Waals surface area (Å²) in [6.45, 7) is 0. The maximum absolute atomic E-state index is 13.6. The minimum Gasteiger partial charge on any atom is -0.271 e. The smallest absolute Gasteiger partial charge is 0.126 e. The molecular weight excluding hydrogens is 246 g/mol. The van der Waals surface area contributed by atoms with Crippen molar-refractivity contribution in [1.82, 2.24) is 5.43 Å². The third-order valence-electron chi connectivity index (χ3n) is 4.11. The first-order valence-electron chi connectivity index (χ1n) is 7.09. The van der Waals surface area contributed by atoms with Gasteiger partial charge in [0.2, 0.25) is 0 Å². The summed E-state index contributed by atoms with van der Waals surface area (Å²) in [4.78, 5) is 0. The fourth-order valence-corrected chi connectivity index (χ4v) is 2.95. The Hall–Kier alpha value is -1.00. The summed E-state index contributed by atoms with van der Waals surface area (Å²) in [6.07, 6.45) is 7.71. The van der Waals surface area contributed by atoms with Gasteiger partial charge < -0.3 is 0 Å². The number of hydrazine groups is 1. The van der Waals surface area contributed by atoms with Gasteiger partial charge in [-0.3, -0.25) is 11.3 Å². The molecule has 1 unspecified atom stereocenters. The first kappa shape index (κ1) is 14.4. The first-order valence-corrected chi connectivity index (χ1v) is 7.09. The molecule has 2 rings (SSSR count). The molecule has 19 heavy (non-hydrogen) atoms. The van der Waals surface area contributed by atoms with Gasteiger partial charge in [-0.2, -0.15) is 0 Å². The second-order valence-corrected chi connectivity index (χ2v) is 5.53. The van der Waals surface area contributed by atoms with Crippen molar-refractivity contribution in [3.63, 3.8) is 0 Å². The topological polar surface area (TPSA) is 38.0 Å². The van der Waals surface area contributed by atoms with Gasteiger partial charge in [0.25, 0.3) is 0 Å². The van der Waals surface area contributed by atoms with Crippen molar-refractivity contribution in [3.05, 3.63) is 35.4 Å². The number of halogens is 2. The van der Waals surface area contributed by atoms with E-state index in [2.05, 4.69) is 5.43 Å². The molecule has 1 saturated carbocycles. The van der Waals surface area contributed by atoms with E-state index in [0.29, 0.717) is 12.0 Å². The van der Waals surface area contributed by atoms with Crippen molar-refractivity contribution in [2.45, 2.75) is 51.0 Å². The average Bonchev–Trinajstić information content (AvgIpc) is 2.91. The molecule has 1 aliphatic carbocycles. The maximum atomic E-state index is 13.6. The highest BCUT2D eigenvalue weighted by molar-refractivity contribution is 5.19. The summed E-state index contributed by atoms with van der Waals surface area (Å²) in [5, 5.41) is 0. The van der Waals surface area contributed by atoms with Gasteiger partial charge in [0.05, 0.1) is 0 Å². The Bertz CT molecular complexity index is 403. The molecule has 4 heteroatoms. The Kier molecular flexibility index (Phi) is 5.28. The summed E-state index contributed by atoms with van der Waals surface area (Å²) >= 11 is 0. The highest BCUT2D eigenvalue weighted by Gasteiger charge is 2.18. The average molecular weight is 268 g/mol. The Balaban J connectivity index is 1.88. The minimum absolute atomic E-state index is 0.0110. The normalized spacial score (nSPS) is 17.8. The fraction of sp³-hybridized carbons (Fsp3) is 0.600. The van der Waals surface area contributed by atoms with Crippen LogP contribution in [0.5, 0.6) is 0 Å². The van der Waals surface area contributed by atoms with Crippen LogP contribution in [0, 0.1) is 17.6 Å².